The summed E-state index contributed by atoms with van der Waals surface area (Å²) < 4.78 is 0. The molecular formula is C13H16N2O4. The Morgan fingerprint density at radius 1 is 1.37 bits per heavy atom. The summed E-state index contributed by atoms with van der Waals surface area (Å²) in [6.45, 7) is 5.98. The second-order valence-corrected chi connectivity index (χ2v) is 5.12. The minimum absolute atomic E-state index is 0.255. The Hall–Kier alpha value is -2.11. The molecule has 0 saturated carbocycles. The molecule has 0 aliphatic carbocycles. The first kappa shape index (κ1) is 13.3. The van der Waals surface area contributed by atoms with Gasteiger partial charge in [0.05, 0.1) is 4.92 Å². The van der Waals surface area contributed by atoms with Gasteiger partial charge >= 0.3 is 5.97 Å². The molecule has 0 radical (unpaired) electrons. The normalized spacial score (nSPS) is 22.5. The van der Waals surface area contributed by atoms with Crippen molar-refractivity contribution in [3.63, 3.8) is 0 Å². The predicted molar refractivity (Wildman–Crippen MR) is 70.6 cm³/mol. The summed E-state index contributed by atoms with van der Waals surface area (Å²) in [5.41, 5.74) is 0.116. The maximum Gasteiger partial charge on any atom is 0.342 e. The Morgan fingerprint density at radius 2 is 1.95 bits per heavy atom. The second-order valence-electron chi connectivity index (χ2n) is 5.12. The van der Waals surface area contributed by atoms with E-state index in [0.717, 1.165) is 18.8 Å². The molecule has 1 aliphatic heterocycles. The number of aromatic carboxylic acids is 1. The van der Waals surface area contributed by atoms with E-state index in [2.05, 4.69) is 18.7 Å². The van der Waals surface area contributed by atoms with Gasteiger partial charge in [-0.1, -0.05) is 13.8 Å². The monoisotopic (exact) mass is 264 g/mol. The third kappa shape index (κ3) is 2.52. The van der Waals surface area contributed by atoms with Crippen LogP contribution < -0.4 is 4.90 Å². The largest absolute Gasteiger partial charge is 0.477 e. The molecule has 2 rings (SSSR count). The number of carboxylic acids is 1. The molecule has 0 amide bonds. The number of carboxylic acid groups (broad SMARTS) is 1. The molecule has 1 aromatic carbocycles. The minimum Gasteiger partial charge on any atom is -0.477 e. The Morgan fingerprint density at radius 3 is 2.42 bits per heavy atom. The van der Waals surface area contributed by atoms with Crippen LogP contribution in [0.25, 0.3) is 0 Å². The molecule has 2 unspecified atom stereocenters. The zero-order valence-electron chi connectivity index (χ0n) is 10.9. The first-order chi connectivity index (χ1) is 8.90. The molecule has 1 aliphatic rings. The van der Waals surface area contributed by atoms with E-state index < -0.39 is 10.9 Å². The number of nitro benzene ring substituents is 1. The van der Waals surface area contributed by atoms with Crippen LogP contribution in [0.1, 0.15) is 24.2 Å². The number of hydrogen-bond acceptors (Lipinski definition) is 4. The Labute approximate surface area is 110 Å². The number of rotatable bonds is 3. The number of carbonyl (C=O) groups is 1. The summed E-state index contributed by atoms with van der Waals surface area (Å²) in [5, 5.41) is 19.9. The molecule has 1 fully saturated rings. The first-order valence-corrected chi connectivity index (χ1v) is 6.17. The molecule has 1 N–H and O–H groups in total. The summed E-state index contributed by atoms with van der Waals surface area (Å²) >= 11 is 0. The van der Waals surface area contributed by atoms with Crippen LogP contribution in [-0.2, 0) is 0 Å². The first-order valence-electron chi connectivity index (χ1n) is 6.17. The lowest BCUT2D eigenvalue weighted by Gasteiger charge is -2.18. The van der Waals surface area contributed by atoms with Crippen LogP contribution in [0, 0.1) is 22.0 Å². The van der Waals surface area contributed by atoms with E-state index in [1.807, 2.05) is 0 Å². The molecule has 0 spiro atoms. The summed E-state index contributed by atoms with van der Waals surface area (Å²) in [6.07, 6.45) is 0. The highest BCUT2D eigenvalue weighted by Crippen LogP contribution is 2.31. The SMILES string of the molecule is CC1CN(c2ccc([N+](=O)[O-])c(C(=O)O)c2)CC1C. The van der Waals surface area contributed by atoms with Crippen molar-refractivity contribution in [3.05, 3.63) is 33.9 Å². The predicted octanol–water partition coefficient (Wildman–Crippen LogP) is 2.39. The molecule has 0 bridgehead atoms. The summed E-state index contributed by atoms with van der Waals surface area (Å²) in [6, 6.07) is 4.28. The molecule has 1 heterocycles. The van der Waals surface area contributed by atoms with E-state index >= 15 is 0 Å². The van der Waals surface area contributed by atoms with Crippen LogP contribution in [0.3, 0.4) is 0 Å². The van der Waals surface area contributed by atoms with Gasteiger partial charge in [0.15, 0.2) is 0 Å². The van der Waals surface area contributed by atoms with Crippen LogP contribution >= 0.6 is 0 Å². The summed E-state index contributed by atoms with van der Waals surface area (Å²) in [4.78, 5) is 23.3. The third-order valence-corrected chi connectivity index (χ3v) is 3.76. The lowest BCUT2D eigenvalue weighted by atomic mass is 10.0. The summed E-state index contributed by atoms with van der Waals surface area (Å²) in [5.74, 6) is -0.208. The van der Waals surface area contributed by atoms with Crippen molar-refractivity contribution in [1.82, 2.24) is 0 Å². The van der Waals surface area contributed by atoms with E-state index in [4.69, 9.17) is 5.11 Å². The van der Waals surface area contributed by atoms with Gasteiger partial charge in [-0.2, -0.15) is 0 Å². The fraction of sp³-hybridized carbons (Fsp3) is 0.462. The van der Waals surface area contributed by atoms with Crippen molar-refractivity contribution in [2.45, 2.75) is 13.8 Å². The number of nitro groups is 1. The number of nitrogens with zero attached hydrogens (tertiary/aromatic N) is 2. The van der Waals surface area contributed by atoms with Crippen molar-refractivity contribution in [2.75, 3.05) is 18.0 Å². The third-order valence-electron chi connectivity index (χ3n) is 3.76. The van der Waals surface area contributed by atoms with Gasteiger partial charge in [-0.15, -0.1) is 0 Å². The van der Waals surface area contributed by atoms with Gasteiger partial charge in [0.25, 0.3) is 5.69 Å². The van der Waals surface area contributed by atoms with Gasteiger partial charge in [0.2, 0.25) is 0 Å². The lowest BCUT2D eigenvalue weighted by Crippen LogP contribution is -2.20. The van der Waals surface area contributed by atoms with E-state index in [1.165, 1.54) is 12.1 Å². The van der Waals surface area contributed by atoms with Crippen LogP contribution in [0.5, 0.6) is 0 Å². The van der Waals surface area contributed by atoms with Crippen molar-refractivity contribution in [2.24, 2.45) is 11.8 Å². The molecule has 6 heteroatoms. The average Bonchev–Trinajstić information content (AvgIpc) is 2.68. The minimum atomic E-state index is -1.27. The molecule has 1 saturated heterocycles. The van der Waals surface area contributed by atoms with E-state index in [1.54, 1.807) is 6.07 Å². The van der Waals surface area contributed by atoms with Crippen molar-refractivity contribution >= 4 is 17.3 Å². The Kier molecular flexibility index (Phi) is 3.42. The van der Waals surface area contributed by atoms with Gasteiger partial charge in [0, 0.05) is 24.8 Å². The quantitative estimate of drug-likeness (QED) is 0.669. The number of anilines is 1. The highest BCUT2D eigenvalue weighted by Gasteiger charge is 2.28. The fourth-order valence-corrected chi connectivity index (χ4v) is 2.39. The summed E-state index contributed by atoms with van der Waals surface area (Å²) in [7, 11) is 0. The van der Waals surface area contributed by atoms with E-state index in [0.29, 0.717) is 11.8 Å². The Bertz CT molecular complexity index is 519. The van der Waals surface area contributed by atoms with Crippen molar-refractivity contribution in [3.8, 4) is 0 Å². The van der Waals surface area contributed by atoms with Crippen LogP contribution in [0.2, 0.25) is 0 Å². The fourth-order valence-electron chi connectivity index (χ4n) is 2.39. The molecular weight excluding hydrogens is 248 g/mol. The zero-order valence-corrected chi connectivity index (χ0v) is 10.9. The van der Waals surface area contributed by atoms with Crippen molar-refractivity contribution < 1.29 is 14.8 Å². The zero-order chi connectivity index (χ0) is 14.2. The van der Waals surface area contributed by atoms with Crippen LogP contribution in [-0.4, -0.2) is 29.1 Å². The maximum absolute atomic E-state index is 11.1. The van der Waals surface area contributed by atoms with Gasteiger partial charge in [-0.3, -0.25) is 10.1 Å². The lowest BCUT2D eigenvalue weighted by molar-refractivity contribution is -0.385. The second kappa shape index (κ2) is 4.87. The van der Waals surface area contributed by atoms with Crippen molar-refractivity contribution in [1.29, 1.82) is 0 Å². The van der Waals surface area contributed by atoms with Crippen LogP contribution in [0.15, 0.2) is 18.2 Å². The molecule has 2 atom stereocenters. The molecule has 19 heavy (non-hydrogen) atoms. The molecule has 6 nitrogen and oxygen atoms in total. The maximum atomic E-state index is 11.1. The van der Waals surface area contributed by atoms with Gasteiger partial charge in [0.1, 0.15) is 5.56 Å². The van der Waals surface area contributed by atoms with Gasteiger partial charge < -0.3 is 10.0 Å². The number of hydrogen-bond donors (Lipinski definition) is 1. The molecule has 102 valence electrons. The molecule has 0 aromatic heterocycles. The number of benzene rings is 1. The van der Waals surface area contributed by atoms with E-state index in [9.17, 15) is 14.9 Å². The topological polar surface area (TPSA) is 83.7 Å². The van der Waals surface area contributed by atoms with Gasteiger partial charge in [-0.05, 0) is 24.0 Å². The highest BCUT2D eigenvalue weighted by atomic mass is 16.6. The highest BCUT2D eigenvalue weighted by molar-refractivity contribution is 5.93. The Balaban J connectivity index is 2.36. The van der Waals surface area contributed by atoms with Gasteiger partial charge in [-0.25, -0.2) is 4.79 Å². The van der Waals surface area contributed by atoms with Crippen LogP contribution in [0.4, 0.5) is 11.4 Å². The molecule has 1 aromatic rings. The smallest absolute Gasteiger partial charge is 0.342 e. The average molecular weight is 264 g/mol. The van der Waals surface area contributed by atoms with E-state index in [-0.39, 0.29) is 11.3 Å². The standard InChI is InChI=1S/C13H16N2O4/c1-8-6-14(7-9(8)2)10-3-4-12(15(18)19)11(5-10)13(16)17/h3-5,8-9H,6-7H2,1-2H3,(H,16,17).